The summed E-state index contributed by atoms with van der Waals surface area (Å²) >= 11 is 0. The molecule has 0 aromatic heterocycles. The largest absolute Gasteiger partial charge is 0.292 e. The molecule has 0 bridgehead atoms. The van der Waals surface area contributed by atoms with Crippen molar-refractivity contribution in [2.45, 2.75) is 6.04 Å². The Balaban J connectivity index is 2.07. The van der Waals surface area contributed by atoms with E-state index >= 15 is 0 Å². The maximum Gasteiger partial charge on any atom is 0.181 e. The van der Waals surface area contributed by atoms with E-state index in [4.69, 9.17) is 0 Å². The maximum absolute atomic E-state index is 12.1. The Morgan fingerprint density at radius 2 is 2.15 bits per heavy atom. The molecule has 0 radical (unpaired) electrons. The van der Waals surface area contributed by atoms with Gasteiger partial charge < -0.3 is 0 Å². The SMILES string of the molecule is O=C(c1ccccc1)C1CN1CF. The zero-order chi connectivity index (χ0) is 9.26. The third-order valence-corrected chi connectivity index (χ3v) is 2.23. The van der Waals surface area contributed by atoms with Crippen LogP contribution in [0.2, 0.25) is 0 Å². The topological polar surface area (TPSA) is 20.1 Å². The van der Waals surface area contributed by atoms with Crippen molar-refractivity contribution in [1.29, 1.82) is 0 Å². The van der Waals surface area contributed by atoms with Crippen LogP contribution in [-0.4, -0.2) is 30.1 Å². The van der Waals surface area contributed by atoms with Gasteiger partial charge >= 0.3 is 0 Å². The van der Waals surface area contributed by atoms with Gasteiger partial charge in [0.25, 0.3) is 0 Å². The van der Waals surface area contributed by atoms with E-state index in [1.165, 1.54) is 4.90 Å². The highest BCUT2D eigenvalue weighted by Gasteiger charge is 2.40. The minimum atomic E-state index is -0.525. The van der Waals surface area contributed by atoms with Crippen LogP contribution in [0.25, 0.3) is 0 Å². The number of rotatable bonds is 3. The second kappa shape index (κ2) is 3.26. The molecule has 0 amide bonds. The lowest BCUT2D eigenvalue weighted by Gasteiger charge is -1.98. The first-order valence-electron chi connectivity index (χ1n) is 4.22. The van der Waals surface area contributed by atoms with Crippen molar-refractivity contribution >= 4 is 5.78 Å². The molecule has 68 valence electrons. The molecule has 0 N–H and O–H groups in total. The molecule has 2 nitrogen and oxygen atoms in total. The van der Waals surface area contributed by atoms with Crippen molar-refractivity contribution in [3.8, 4) is 0 Å². The summed E-state index contributed by atoms with van der Waals surface area (Å²) in [5, 5.41) is 0. The zero-order valence-corrected chi connectivity index (χ0v) is 7.11. The third-order valence-electron chi connectivity index (χ3n) is 2.23. The number of Topliss-reactive ketones (excluding diaryl/α,β-unsaturated/α-hetero) is 1. The second-order valence-electron chi connectivity index (χ2n) is 3.14. The number of alkyl halides is 1. The van der Waals surface area contributed by atoms with E-state index in [0.29, 0.717) is 12.1 Å². The first kappa shape index (κ1) is 8.38. The summed E-state index contributed by atoms with van der Waals surface area (Å²) in [6.45, 7) is 0.0352. The highest BCUT2D eigenvalue weighted by atomic mass is 19.1. The molecule has 1 fully saturated rings. The van der Waals surface area contributed by atoms with Crippen LogP contribution in [0.1, 0.15) is 10.4 Å². The fourth-order valence-corrected chi connectivity index (χ4v) is 1.35. The van der Waals surface area contributed by atoms with Crippen molar-refractivity contribution in [3.05, 3.63) is 35.9 Å². The molecule has 1 aromatic rings. The van der Waals surface area contributed by atoms with Crippen LogP contribution in [-0.2, 0) is 0 Å². The third kappa shape index (κ3) is 1.60. The molecular weight excluding hydrogens is 169 g/mol. The summed E-state index contributed by atoms with van der Waals surface area (Å²) in [5.74, 6) is 0.0262. The van der Waals surface area contributed by atoms with Crippen LogP contribution < -0.4 is 0 Å². The van der Waals surface area contributed by atoms with Gasteiger partial charge in [0.2, 0.25) is 0 Å². The van der Waals surface area contributed by atoms with Gasteiger partial charge in [-0.25, -0.2) is 4.39 Å². The Kier molecular flexibility index (Phi) is 2.10. The van der Waals surface area contributed by atoms with Gasteiger partial charge in [-0.15, -0.1) is 0 Å². The van der Waals surface area contributed by atoms with E-state index in [-0.39, 0.29) is 11.8 Å². The lowest BCUT2D eigenvalue weighted by Crippen LogP contribution is -2.12. The number of hydrogen-bond acceptors (Lipinski definition) is 2. The van der Waals surface area contributed by atoms with E-state index in [2.05, 4.69) is 0 Å². The predicted molar refractivity (Wildman–Crippen MR) is 47.2 cm³/mol. The van der Waals surface area contributed by atoms with E-state index in [1.54, 1.807) is 12.1 Å². The van der Waals surface area contributed by atoms with Crippen molar-refractivity contribution in [2.24, 2.45) is 0 Å². The minimum absolute atomic E-state index is 0.0262. The van der Waals surface area contributed by atoms with Crippen LogP contribution in [0, 0.1) is 0 Å². The van der Waals surface area contributed by atoms with Gasteiger partial charge in [0.1, 0.15) is 6.80 Å². The molecule has 2 unspecified atom stereocenters. The van der Waals surface area contributed by atoms with Crippen LogP contribution in [0.3, 0.4) is 0 Å². The lowest BCUT2D eigenvalue weighted by molar-refractivity contribution is 0.0967. The maximum atomic E-state index is 12.1. The lowest BCUT2D eigenvalue weighted by atomic mass is 10.1. The average Bonchev–Trinajstić information content (AvgIpc) is 2.97. The zero-order valence-electron chi connectivity index (χ0n) is 7.11. The fraction of sp³-hybridized carbons (Fsp3) is 0.300. The normalized spacial score (nSPS) is 25.6. The molecule has 3 heteroatoms. The molecule has 0 spiro atoms. The predicted octanol–water partition coefficient (Wildman–Crippen LogP) is 1.48. The van der Waals surface area contributed by atoms with Gasteiger partial charge in [0.05, 0.1) is 6.04 Å². The second-order valence-corrected chi connectivity index (χ2v) is 3.14. The Morgan fingerprint density at radius 3 is 2.69 bits per heavy atom. The summed E-state index contributed by atoms with van der Waals surface area (Å²) in [5.41, 5.74) is 0.670. The summed E-state index contributed by atoms with van der Waals surface area (Å²) in [6.07, 6.45) is 0. The standard InChI is InChI=1S/C10H10FNO/c11-7-12-6-9(12)10(13)8-4-2-1-3-5-8/h1-5,9H,6-7H2. The van der Waals surface area contributed by atoms with Gasteiger partial charge in [-0.3, -0.25) is 9.69 Å². The van der Waals surface area contributed by atoms with E-state index in [9.17, 15) is 9.18 Å². The smallest absolute Gasteiger partial charge is 0.181 e. The molecule has 2 atom stereocenters. The monoisotopic (exact) mass is 179 g/mol. The summed E-state index contributed by atoms with van der Waals surface area (Å²) < 4.78 is 12.1. The van der Waals surface area contributed by atoms with E-state index < -0.39 is 6.80 Å². The van der Waals surface area contributed by atoms with Crippen LogP contribution in [0.4, 0.5) is 4.39 Å². The highest BCUT2D eigenvalue weighted by Crippen LogP contribution is 2.21. The molecule has 2 rings (SSSR count). The van der Waals surface area contributed by atoms with Crippen molar-refractivity contribution in [2.75, 3.05) is 13.3 Å². The number of nitrogens with zero attached hydrogens (tertiary/aromatic N) is 1. The van der Waals surface area contributed by atoms with Gasteiger partial charge in [-0.2, -0.15) is 0 Å². The number of halogens is 1. The quantitative estimate of drug-likeness (QED) is 0.398. The number of hydrogen-bond donors (Lipinski definition) is 0. The Labute approximate surface area is 76.0 Å². The van der Waals surface area contributed by atoms with Crippen molar-refractivity contribution < 1.29 is 9.18 Å². The fourth-order valence-electron chi connectivity index (χ4n) is 1.35. The summed E-state index contributed by atoms with van der Waals surface area (Å²) in [6, 6.07) is 8.79. The molecule has 1 saturated heterocycles. The molecule has 0 saturated carbocycles. The molecule has 1 heterocycles. The van der Waals surface area contributed by atoms with Gasteiger partial charge in [0, 0.05) is 12.1 Å². The number of carbonyl (C=O) groups is 1. The van der Waals surface area contributed by atoms with Crippen LogP contribution in [0.15, 0.2) is 30.3 Å². The first-order chi connectivity index (χ1) is 6.33. The van der Waals surface area contributed by atoms with E-state index in [0.717, 1.165) is 0 Å². The van der Waals surface area contributed by atoms with Gasteiger partial charge in [0.15, 0.2) is 5.78 Å². The summed E-state index contributed by atoms with van der Waals surface area (Å²) in [4.78, 5) is 13.1. The highest BCUT2D eigenvalue weighted by molar-refractivity contribution is 6.01. The van der Waals surface area contributed by atoms with Crippen molar-refractivity contribution in [1.82, 2.24) is 4.90 Å². The molecule has 13 heavy (non-hydrogen) atoms. The average molecular weight is 179 g/mol. The van der Waals surface area contributed by atoms with Crippen LogP contribution in [0.5, 0.6) is 0 Å². The minimum Gasteiger partial charge on any atom is -0.292 e. The Hall–Kier alpha value is -1.22. The van der Waals surface area contributed by atoms with Gasteiger partial charge in [-0.1, -0.05) is 30.3 Å². The van der Waals surface area contributed by atoms with Crippen LogP contribution >= 0.6 is 0 Å². The molecule has 1 aliphatic rings. The van der Waals surface area contributed by atoms with E-state index in [1.807, 2.05) is 18.2 Å². The molecule has 1 aromatic carbocycles. The number of benzene rings is 1. The first-order valence-corrected chi connectivity index (χ1v) is 4.22. The molecular formula is C10H10FNO. The molecule has 1 aliphatic heterocycles. The molecule has 0 aliphatic carbocycles. The summed E-state index contributed by atoms with van der Waals surface area (Å²) in [7, 11) is 0. The Bertz CT molecular complexity index is 312. The van der Waals surface area contributed by atoms with Gasteiger partial charge in [-0.05, 0) is 0 Å². The Morgan fingerprint density at radius 1 is 1.46 bits per heavy atom. The van der Waals surface area contributed by atoms with Crippen molar-refractivity contribution in [3.63, 3.8) is 0 Å². The number of ketones is 1. The number of carbonyl (C=O) groups excluding carboxylic acids is 1.